The molecule has 0 bridgehead atoms. The van der Waals surface area contributed by atoms with Crippen molar-refractivity contribution in [3.8, 4) is 0 Å². The van der Waals surface area contributed by atoms with E-state index in [2.05, 4.69) is 22.6 Å². The Kier molecular flexibility index (Phi) is 3.16. The minimum atomic E-state index is -1.32. The first-order valence-electron chi connectivity index (χ1n) is 4.14. The first kappa shape index (κ1) is 11.5. The fourth-order valence-corrected chi connectivity index (χ4v) is 2.05. The maximum Gasteiger partial charge on any atom is 0.328 e. The van der Waals surface area contributed by atoms with Crippen LogP contribution in [0.1, 0.15) is 18.1 Å². The molecule has 0 aliphatic heterocycles. The Hall–Kier alpha value is -0.620. The molecule has 3 nitrogen and oxygen atoms in total. The van der Waals surface area contributed by atoms with Gasteiger partial charge in [-0.1, -0.05) is 17.7 Å². The van der Waals surface area contributed by atoms with Crippen LogP contribution >= 0.6 is 22.6 Å². The third kappa shape index (κ3) is 2.06. The Morgan fingerprint density at radius 2 is 2.14 bits per heavy atom. The second kappa shape index (κ2) is 3.86. The van der Waals surface area contributed by atoms with E-state index < -0.39 is 11.5 Å². The lowest BCUT2D eigenvalue weighted by atomic mass is 9.92. The Balaban J connectivity index is 3.31. The number of aliphatic carboxylic acids is 1. The van der Waals surface area contributed by atoms with Crippen LogP contribution in [0, 0.1) is 10.5 Å². The molecular weight excluding hydrogens is 293 g/mol. The number of hydrogen-bond donors (Lipinski definition) is 2. The van der Waals surface area contributed by atoms with Crippen molar-refractivity contribution in [2.75, 3.05) is 0 Å². The van der Waals surface area contributed by atoms with Crippen LogP contribution in [0.2, 0.25) is 0 Å². The van der Waals surface area contributed by atoms with Gasteiger partial charge in [0.15, 0.2) is 0 Å². The summed E-state index contributed by atoms with van der Waals surface area (Å²) in [6, 6.07) is 5.62. The Morgan fingerprint density at radius 1 is 1.57 bits per heavy atom. The number of carboxylic acid groups (broad SMARTS) is 1. The second-order valence-electron chi connectivity index (χ2n) is 3.49. The molecule has 1 aromatic rings. The van der Waals surface area contributed by atoms with E-state index in [0.29, 0.717) is 5.56 Å². The molecule has 1 unspecified atom stereocenters. The molecule has 14 heavy (non-hydrogen) atoms. The monoisotopic (exact) mass is 305 g/mol. The normalized spacial score (nSPS) is 14.9. The average Bonchev–Trinajstić information content (AvgIpc) is 2.08. The highest BCUT2D eigenvalue weighted by atomic mass is 127. The maximum atomic E-state index is 11.0. The molecule has 1 rings (SSSR count). The van der Waals surface area contributed by atoms with Gasteiger partial charge in [-0.15, -0.1) is 0 Å². The van der Waals surface area contributed by atoms with Gasteiger partial charge < -0.3 is 10.8 Å². The first-order valence-corrected chi connectivity index (χ1v) is 5.22. The van der Waals surface area contributed by atoms with Gasteiger partial charge in [-0.25, -0.2) is 4.79 Å². The third-order valence-corrected chi connectivity index (χ3v) is 3.07. The van der Waals surface area contributed by atoms with Gasteiger partial charge in [-0.05, 0) is 48.1 Å². The highest BCUT2D eigenvalue weighted by Gasteiger charge is 2.31. The van der Waals surface area contributed by atoms with Crippen LogP contribution in [0.15, 0.2) is 18.2 Å². The summed E-state index contributed by atoms with van der Waals surface area (Å²) in [5, 5.41) is 8.98. The molecule has 0 amide bonds. The molecule has 1 aromatic carbocycles. The van der Waals surface area contributed by atoms with E-state index in [1.165, 1.54) is 6.92 Å². The summed E-state index contributed by atoms with van der Waals surface area (Å²) >= 11 is 2.09. The molecule has 76 valence electrons. The fourth-order valence-electron chi connectivity index (χ4n) is 1.15. The molecule has 0 aromatic heterocycles. The van der Waals surface area contributed by atoms with Gasteiger partial charge >= 0.3 is 5.97 Å². The van der Waals surface area contributed by atoms with Gasteiger partial charge in [-0.2, -0.15) is 0 Å². The van der Waals surface area contributed by atoms with Crippen LogP contribution in [-0.4, -0.2) is 11.1 Å². The summed E-state index contributed by atoms with van der Waals surface area (Å²) in [4.78, 5) is 11.0. The summed E-state index contributed by atoms with van der Waals surface area (Å²) < 4.78 is 0.876. The summed E-state index contributed by atoms with van der Waals surface area (Å²) in [6.45, 7) is 3.42. The van der Waals surface area contributed by atoms with Crippen molar-refractivity contribution in [3.05, 3.63) is 32.9 Å². The number of benzene rings is 1. The van der Waals surface area contributed by atoms with Gasteiger partial charge in [0.2, 0.25) is 0 Å². The molecule has 0 aliphatic rings. The molecule has 3 N–H and O–H groups in total. The van der Waals surface area contributed by atoms with E-state index in [0.717, 1.165) is 9.13 Å². The molecule has 0 saturated heterocycles. The van der Waals surface area contributed by atoms with Gasteiger partial charge in [-0.3, -0.25) is 0 Å². The van der Waals surface area contributed by atoms with E-state index in [-0.39, 0.29) is 0 Å². The van der Waals surface area contributed by atoms with Crippen molar-refractivity contribution < 1.29 is 9.90 Å². The van der Waals surface area contributed by atoms with Crippen molar-refractivity contribution in [2.24, 2.45) is 5.73 Å². The molecular formula is C10H12INO2. The topological polar surface area (TPSA) is 63.3 Å². The molecule has 0 saturated carbocycles. The standard InChI is InChI=1S/C10H12INO2/c1-6-3-4-8(11)7(5-6)10(2,12)9(13)14/h3-5H,12H2,1-2H3,(H,13,14). The lowest BCUT2D eigenvalue weighted by Gasteiger charge is -2.21. The number of aryl methyl sites for hydroxylation is 1. The zero-order valence-electron chi connectivity index (χ0n) is 8.04. The molecule has 0 spiro atoms. The van der Waals surface area contributed by atoms with Crippen molar-refractivity contribution in [2.45, 2.75) is 19.4 Å². The average molecular weight is 305 g/mol. The number of nitrogens with two attached hydrogens (primary N) is 1. The molecule has 0 fully saturated rings. The van der Waals surface area contributed by atoms with Crippen molar-refractivity contribution in [3.63, 3.8) is 0 Å². The Labute approximate surface area is 96.4 Å². The molecule has 1 atom stereocenters. The molecule has 0 aliphatic carbocycles. The van der Waals surface area contributed by atoms with Gasteiger partial charge in [0.1, 0.15) is 5.54 Å². The SMILES string of the molecule is Cc1ccc(I)c(C(C)(N)C(=O)O)c1. The van der Waals surface area contributed by atoms with E-state index in [1.54, 1.807) is 0 Å². The molecule has 0 heterocycles. The Bertz CT molecular complexity index is 374. The van der Waals surface area contributed by atoms with Crippen LogP contribution in [0.5, 0.6) is 0 Å². The zero-order valence-corrected chi connectivity index (χ0v) is 10.2. The summed E-state index contributed by atoms with van der Waals surface area (Å²) in [7, 11) is 0. The number of hydrogen-bond acceptors (Lipinski definition) is 2. The van der Waals surface area contributed by atoms with Crippen LogP contribution in [0.4, 0.5) is 0 Å². The Morgan fingerprint density at radius 3 is 2.64 bits per heavy atom. The largest absolute Gasteiger partial charge is 0.480 e. The lowest BCUT2D eigenvalue weighted by Crippen LogP contribution is -2.42. The maximum absolute atomic E-state index is 11.0. The van der Waals surface area contributed by atoms with Gasteiger partial charge in [0.05, 0.1) is 0 Å². The van der Waals surface area contributed by atoms with Crippen molar-refractivity contribution >= 4 is 28.6 Å². The van der Waals surface area contributed by atoms with Crippen LogP contribution in [0.3, 0.4) is 0 Å². The minimum Gasteiger partial charge on any atom is -0.480 e. The summed E-state index contributed by atoms with van der Waals surface area (Å²) in [6.07, 6.45) is 0. The fraction of sp³-hybridized carbons (Fsp3) is 0.300. The number of carboxylic acids is 1. The van der Waals surface area contributed by atoms with E-state index in [1.807, 2.05) is 25.1 Å². The lowest BCUT2D eigenvalue weighted by molar-refractivity contribution is -0.143. The molecule has 0 radical (unpaired) electrons. The van der Waals surface area contributed by atoms with Gasteiger partial charge in [0, 0.05) is 3.57 Å². The number of rotatable bonds is 2. The highest BCUT2D eigenvalue weighted by Crippen LogP contribution is 2.24. The van der Waals surface area contributed by atoms with E-state index in [9.17, 15) is 4.79 Å². The second-order valence-corrected chi connectivity index (χ2v) is 4.65. The first-order chi connectivity index (χ1) is 6.35. The summed E-state index contributed by atoms with van der Waals surface area (Å²) in [5.41, 5.74) is 6.10. The van der Waals surface area contributed by atoms with Crippen LogP contribution in [0.25, 0.3) is 0 Å². The van der Waals surface area contributed by atoms with E-state index in [4.69, 9.17) is 10.8 Å². The molecule has 4 heteroatoms. The number of carbonyl (C=O) groups is 1. The minimum absolute atomic E-state index is 0.658. The highest BCUT2D eigenvalue weighted by molar-refractivity contribution is 14.1. The number of halogens is 1. The van der Waals surface area contributed by atoms with Crippen LogP contribution < -0.4 is 5.73 Å². The zero-order chi connectivity index (χ0) is 10.9. The predicted molar refractivity (Wildman–Crippen MR) is 63.1 cm³/mol. The quantitative estimate of drug-likeness (QED) is 0.820. The summed E-state index contributed by atoms with van der Waals surface area (Å²) in [5.74, 6) is -1.01. The van der Waals surface area contributed by atoms with E-state index >= 15 is 0 Å². The van der Waals surface area contributed by atoms with Crippen molar-refractivity contribution in [1.29, 1.82) is 0 Å². The smallest absolute Gasteiger partial charge is 0.328 e. The third-order valence-electron chi connectivity index (χ3n) is 2.13. The van der Waals surface area contributed by atoms with Crippen molar-refractivity contribution in [1.82, 2.24) is 0 Å². The van der Waals surface area contributed by atoms with Crippen LogP contribution in [-0.2, 0) is 10.3 Å². The predicted octanol–water partition coefficient (Wildman–Crippen LogP) is 1.86. The van der Waals surface area contributed by atoms with Gasteiger partial charge in [0.25, 0.3) is 0 Å².